The largest absolute Gasteiger partial charge is 0.508 e. The standard InChI is InChI=1S/C10H7FN4OS/c1-5-12-13-10-15(5)14-9(17-10)7-3-2-6(16)4-8(7)11/h2-4,16H,1H3. The van der Waals surface area contributed by atoms with Crippen LogP contribution in [0.25, 0.3) is 15.5 Å². The number of aryl methyl sites for hydroxylation is 1. The highest BCUT2D eigenvalue weighted by Gasteiger charge is 2.13. The van der Waals surface area contributed by atoms with Gasteiger partial charge in [0.15, 0.2) is 10.8 Å². The molecular formula is C10H7FN4OS. The number of phenolic OH excluding ortho intramolecular Hbond substituents is 1. The van der Waals surface area contributed by atoms with Crippen molar-refractivity contribution in [3.63, 3.8) is 0 Å². The fraction of sp³-hybridized carbons (Fsp3) is 0.100. The van der Waals surface area contributed by atoms with Crippen LogP contribution >= 0.6 is 11.3 Å². The molecule has 0 bridgehead atoms. The van der Waals surface area contributed by atoms with E-state index in [1.807, 2.05) is 0 Å². The summed E-state index contributed by atoms with van der Waals surface area (Å²) in [6.07, 6.45) is 0. The summed E-state index contributed by atoms with van der Waals surface area (Å²) in [4.78, 5) is 0.616. The smallest absolute Gasteiger partial charge is 0.234 e. The second-order valence-corrected chi connectivity index (χ2v) is 4.47. The summed E-state index contributed by atoms with van der Waals surface area (Å²) in [6.45, 7) is 1.77. The van der Waals surface area contributed by atoms with E-state index in [1.165, 1.54) is 23.5 Å². The van der Waals surface area contributed by atoms with Crippen molar-refractivity contribution in [1.82, 2.24) is 19.8 Å². The van der Waals surface area contributed by atoms with Crippen LogP contribution in [0.15, 0.2) is 18.2 Å². The average molecular weight is 250 g/mol. The lowest BCUT2D eigenvalue weighted by Gasteiger charge is -1.98. The second-order valence-electron chi connectivity index (χ2n) is 3.51. The number of halogens is 1. The molecule has 0 saturated carbocycles. The van der Waals surface area contributed by atoms with Crippen molar-refractivity contribution in [2.24, 2.45) is 0 Å². The maximum absolute atomic E-state index is 13.6. The van der Waals surface area contributed by atoms with E-state index >= 15 is 0 Å². The molecule has 3 rings (SSSR count). The summed E-state index contributed by atoms with van der Waals surface area (Å²) in [5, 5.41) is 21.6. The molecule has 0 aliphatic heterocycles. The van der Waals surface area contributed by atoms with Gasteiger partial charge in [0.25, 0.3) is 0 Å². The number of nitrogens with zero attached hydrogens (tertiary/aromatic N) is 4. The molecule has 1 aromatic carbocycles. The Labute approximate surface area is 99.2 Å². The molecule has 0 radical (unpaired) electrons. The van der Waals surface area contributed by atoms with Crippen LogP contribution in [0.2, 0.25) is 0 Å². The monoisotopic (exact) mass is 250 g/mol. The van der Waals surface area contributed by atoms with E-state index in [2.05, 4.69) is 15.3 Å². The van der Waals surface area contributed by atoms with Gasteiger partial charge in [-0.2, -0.15) is 9.61 Å². The SMILES string of the molecule is Cc1nnc2sc(-c3ccc(O)cc3F)nn12. The minimum Gasteiger partial charge on any atom is -0.508 e. The van der Waals surface area contributed by atoms with Gasteiger partial charge in [-0.15, -0.1) is 10.2 Å². The molecule has 86 valence electrons. The number of hydrogen-bond acceptors (Lipinski definition) is 5. The van der Waals surface area contributed by atoms with Crippen LogP contribution in [0.1, 0.15) is 5.82 Å². The van der Waals surface area contributed by atoms with E-state index in [-0.39, 0.29) is 5.75 Å². The number of aromatic nitrogens is 4. The number of phenols is 1. The van der Waals surface area contributed by atoms with Crippen molar-refractivity contribution in [1.29, 1.82) is 0 Å². The van der Waals surface area contributed by atoms with Crippen LogP contribution in [0, 0.1) is 12.7 Å². The minimum atomic E-state index is -0.507. The molecule has 17 heavy (non-hydrogen) atoms. The average Bonchev–Trinajstić information content (AvgIpc) is 2.81. The van der Waals surface area contributed by atoms with Gasteiger partial charge in [0.05, 0.1) is 0 Å². The van der Waals surface area contributed by atoms with Gasteiger partial charge in [0.2, 0.25) is 4.96 Å². The number of fused-ring (bicyclic) bond motifs is 1. The Morgan fingerprint density at radius 3 is 2.88 bits per heavy atom. The van der Waals surface area contributed by atoms with Crippen LogP contribution in [0.5, 0.6) is 5.75 Å². The van der Waals surface area contributed by atoms with Crippen molar-refractivity contribution >= 4 is 16.3 Å². The maximum Gasteiger partial charge on any atom is 0.234 e. The summed E-state index contributed by atoms with van der Waals surface area (Å²) < 4.78 is 15.2. The van der Waals surface area contributed by atoms with Crippen LogP contribution in [-0.4, -0.2) is 24.9 Å². The van der Waals surface area contributed by atoms with E-state index in [0.29, 0.717) is 21.4 Å². The molecule has 1 N–H and O–H groups in total. The molecule has 2 aromatic heterocycles. The van der Waals surface area contributed by atoms with E-state index in [0.717, 1.165) is 6.07 Å². The van der Waals surface area contributed by atoms with Crippen molar-refractivity contribution in [3.8, 4) is 16.3 Å². The fourth-order valence-electron chi connectivity index (χ4n) is 1.50. The molecule has 0 spiro atoms. The Morgan fingerprint density at radius 2 is 2.18 bits per heavy atom. The molecule has 0 atom stereocenters. The fourth-order valence-corrected chi connectivity index (χ4v) is 2.41. The first-order chi connectivity index (χ1) is 8.15. The highest BCUT2D eigenvalue weighted by atomic mass is 32.1. The quantitative estimate of drug-likeness (QED) is 0.717. The van der Waals surface area contributed by atoms with E-state index in [1.54, 1.807) is 11.4 Å². The van der Waals surface area contributed by atoms with Gasteiger partial charge < -0.3 is 5.11 Å². The summed E-state index contributed by atoms with van der Waals surface area (Å²) in [7, 11) is 0. The van der Waals surface area contributed by atoms with E-state index in [4.69, 9.17) is 5.11 Å². The third-order valence-electron chi connectivity index (χ3n) is 2.33. The van der Waals surface area contributed by atoms with Crippen LogP contribution in [0.4, 0.5) is 4.39 Å². The first-order valence-electron chi connectivity index (χ1n) is 4.83. The zero-order valence-electron chi connectivity index (χ0n) is 8.75. The molecule has 0 unspecified atom stereocenters. The van der Waals surface area contributed by atoms with E-state index in [9.17, 15) is 4.39 Å². The maximum atomic E-state index is 13.6. The first kappa shape index (κ1) is 10.2. The molecule has 0 fully saturated rings. The normalized spacial score (nSPS) is 11.2. The molecular weight excluding hydrogens is 243 g/mol. The number of hydrogen-bond donors (Lipinski definition) is 1. The van der Waals surface area contributed by atoms with Gasteiger partial charge in [-0.05, 0) is 19.1 Å². The second kappa shape index (κ2) is 3.49. The highest BCUT2D eigenvalue weighted by molar-refractivity contribution is 7.19. The predicted octanol–water partition coefficient (Wildman–Crippen LogP) is 2.01. The third-order valence-corrected chi connectivity index (χ3v) is 3.26. The van der Waals surface area contributed by atoms with Crippen LogP contribution < -0.4 is 0 Å². The Bertz CT molecular complexity index is 705. The van der Waals surface area contributed by atoms with Gasteiger partial charge >= 0.3 is 0 Å². The third kappa shape index (κ3) is 1.55. The lowest BCUT2D eigenvalue weighted by molar-refractivity contribution is 0.469. The van der Waals surface area contributed by atoms with E-state index < -0.39 is 5.82 Å². The number of aromatic hydroxyl groups is 1. The lowest BCUT2D eigenvalue weighted by atomic mass is 10.2. The minimum absolute atomic E-state index is 0.106. The Hall–Kier alpha value is -2.02. The van der Waals surface area contributed by atoms with Gasteiger partial charge in [-0.25, -0.2) is 4.39 Å². The number of rotatable bonds is 1. The topological polar surface area (TPSA) is 63.3 Å². The Kier molecular flexibility index (Phi) is 2.08. The van der Waals surface area contributed by atoms with Gasteiger partial charge in [-0.3, -0.25) is 0 Å². The zero-order chi connectivity index (χ0) is 12.0. The van der Waals surface area contributed by atoms with Crippen molar-refractivity contribution in [3.05, 3.63) is 29.8 Å². The predicted molar refractivity (Wildman–Crippen MR) is 60.5 cm³/mol. The number of benzene rings is 1. The lowest BCUT2D eigenvalue weighted by Crippen LogP contribution is -1.90. The molecule has 0 aliphatic carbocycles. The molecule has 7 heteroatoms. The molecule has 0 saturated heterocycles. The Morgan fingerprint density at radius 1 is 1.35 bits per heavy atom. The summed E-state index contributed by atoms with van der Waals surface area (Å²) in [5.74, 6) is 0.0414. The van der Waals surface area contributed by atoms with Crippen LogP contribution in [-0.2, 0) is 0 Å². The Balaban J connectivity index is 2.20. The molecule has 0 aliphatic rings. The first-order valence-corrected chi connectivity index (χ1v) is 5.64. The van der Waals surface area contributed by atoms with Crippen molar-refractivity contribution in [2.45, 2.75) is 6.92 Å². The van der Waals surface area contributed by atoms with Gasteiger partial charge in [-0.1, -0.05) is 11.3 Å². The molecule has 0 amide bonds. The van der Waals surface area contributed by atoms with Crippen LogP contribution in [0.3, 0.4) is 0 Å². The summed E-state index contributed by atoms with van der Waals surface area (Å²) in [6, 6.07) is 3.98. The molecule has 3 aromatic rings. The van der Waals surface area contributed by atoms with Gasteiger partial charge in [0.1, 0.15) is 11.6 Å². The summed E-state index contributed by atoms with van der Waals surface area (Å²) in [5.41, 5.74) is 0.345. The van der Waals surface area contributed by atoms with Crippen molar-refractivity contribution in [2.75, 3.05) is 0 Å². The molecule has 5 nitrogen and oxygen atoms in total. The van der Waals surface area contributed by atoms with Crippen molar-refractivity contribution < 1.29 is 9.50 Å². The zero-order valence-corrected chi connectivity index (χ0v) is 9.57. The summed E-state index contributed by atoms with van der Waals surface area (Å²) >= 11 is 1.25. The van der Waals surface area contributed by atoms with Gasteiger partial charge in [0, 0.05) is 11.6 Å². The highest BCUT2D eigenvalue weighted by Crippen LogP contribution is 2.29. The molecule has 2 heterocycles.